The van der Waals surface area contributed by atoms with Crippen molar-refractivity contribution in [2.24, 2.45) is 0 Å². The predicted octanol–water partition coefficient (Wildman–Crippen LogP) is -0.740. The van der Waals surface area contributed by atoms with Gasteiger partial charge in [0, 0.05) is 0 Å². The summed E-state index contributed by atoms with van der Waals surface area (Å²) in [6.07, 6.45) is 0. The van der Waals surface area contributed by atoms with Crippen LogP contribution in [-0.4, -0.2) is 27.3 Å². The van der Waals surface area contributed by atoms with Crippen LogP contribution in [-0.2, 0) is 36.5 Å². The molecule has 3 nitrogen and oxygen atoms in total. The van der Waals surface area contributed by atoms with Crippen LogP contribution in [0, 0.1) is 0 Å². The largest absolute Gasteiger partial charge is 4.00 e. The minimum Gasteiger partial charge on any atom is -2.00 e. The fourth-order valence-electron chi connectivity index (χ4n) is 0. The molecule has 3 radical (unpaired) electrons. The van der Waals surface area contributed by atoms with Gasteiger partial charge in [0.25, 0.3) is 0 Å². The normalized spacial score (nSPS) is 0. The van der Waals surface area contributed by atoms with Crippen LogP contribution in [0.5, 0.6) is 0 Å². The minimum atomic E-state index is 0. The Hall–Kier alpha value is 1.45. The van der Waals surface area contributed by atoms with E-state index in [4.69, 9.17) is 0 Å². The van der Waals surface area contributed by atoms with E-state index in [9.17, 15) is 0 Å². The smallest absolute Gasteiger partial charge is 2.00 e. The van der Waals surface area contributed by atoms with Crippen LogP contribution in [0.25, 0.3) is 0 Å². The Morgan fingerprint density at radius 3 is 0.600 bits per heavy atom. The Labute approximate surface area is 63.6 Å². The van der Waals surface area contributed by atoms with Crippen LogP contribution in [0.2, 0.25) is 0 Å². The third-order valence-corrected chi connectivity index (χ3v) is 0. The van der Waals surface area contributed by atoms with Gasteiger partial charge in [-0.15, -0.1) is 0 Å². The Bertz CT molecular complexity index is 6.85. The third kappa shape index (κ3) is 30.8. The van der Waals surface area contributed by atoms with Crippen LogP contribution in [0.1, 0.15) is 0 Å². The predicted molar refractivity (Wildman–Crippen MR) is 7.81 cm³/mol. The quantitative estimate of drug-likeness (QED) is 0.439. The summed E-state index contributed by atoms with van der Waals surface area (Å²) in [5.41, 5.74) is 0. The van der Waals surface area contributed by atoms with Crippen molar-refractivity contribution in [3.05, 3.63) is 0 Å². The molecule has 0 heterocycles. The summed E-state index contributed by atoms with van der Waals surface area (Å²) < 4.78 is 0. The maximum absolute atomic E-state index is 0. The molecule has 0 unspecified atom stereocenters. The summed E-state index contributed by atoms with van der Waals surface area (Å²) in [6.45, 7) is 0. The van der Waals surface area contributed by atoms with Crippen molar-refractivity contribution in [2.75, 3.05) is 0 Å². The average Bonchev–Trinajstić information content (AvgIpc) is 0. The van der Waals surface area contributed by atoms with Crippen LogP contribution in [0.3, 0.4) is 0 Å². The number of rotatable bonds is 0. The van der Waals surface area contributed by atoms with Crippen molar-refractivity contribution in [3.63, 3.8) is 0 Å². The Balaban J connectivity index is 0. The third-order valence-electron chi connectivity index (χ3n) is 0. The SMILES string of the molecule is [Ir+4].[O-2].[O-2].[O-2].[Pb+2]. The van der Waals surface area contributed by atoms with Crippen molar-refractivity contribution in [1.82, 2.24) is 0 Å². The van der Waals surface area contributed by atoms with Gasteiger partial charge in [-0.1, -0.05) is 0 Å². The molecule has 5 heavy (non-hydrogen) atoms. The molecule has 0 aromatic rings. The van der Waals surface area contributed by atoms with Gasteiger partial charge in [-0.2, -0.15) is 0 Å². The minimum absolute atomic E-state index is 0. The van der Waals surface area contributed by atoms with Crippen LogP contribution < -0.4 is 0 Å². The first-order valence-electron chi connectivity index (χ1n) is 0. The molecular weight excluding hydrogens is 447 g/mol. The molecule has 0 aliphatic heterocycles. The second-order valence-corrected chi connectivity index (χ2v) is 0. The molecule has 0 atom stereocenters. The van der Waals surface area contributed by atoms with Crippen molar-refractivity contribution < 1.29 is 36.5 Å². The van der Waals surface area contributed by atoms with Crippen molar-refractivity contribution in [1.29, 1.82) is 0 Å². The second-order valence-electron chi connectivity index (χ2n) is 0. The van der Waals surface area contributed by atoms with E-state index in [-0.39, 0.29) is 63.8 Å². The maximum atomic E-state index is 0. The van der Waals surface area contributed by atoms with Crippen molar-refractivity contribution >= 4 is 27.3 Å². The Morgan fingerprint density at radius 1 is 0.600 bits per heavy atom. The van der Waals surface area contributed by atoms with Gasteiger partial charge in [-0.3, -0.25) is 0 Å². The molecule has 0 saturated carbocycles. The standard InChI is InChI=1S/Ir.3O.Pb/q+4;3*-2;+2. The maximum Gasteiger partial charge on any atom is 4.00 e. The van der Waals surface area contributed by atoms with Gasteiger partial charge < -0.3 is 16.4 Å². The van der Waals surface area contributed by atoms with E-state index in [0.29, 0.717) is 0 Å². The molecule has 0 rings (SSSR count). The van der Waals surface area contributed by atoms with Gasteiger partial charge in [0.2, 0.25) is 0 Å². The Kier molecular flexibility index (Phi) is 933. The van der Waals surface area contributed by atoms with Crippen LogP contribution >= 0.6 is 0 Å². The summed E-state index contributed by atoms with van der Waals surface area (Å²) in [4.78, 5) is 0. The summed E-state index contributed by atoms with van der Waals surface area (Å²) in [5, 5.41) is 0. The molecule has 0 aromatic carbocycles. The summed E-state index contributed by atoms with van der Waals surface area (Å²) >= 11 is 0. The molecule has 0 bridgehead atoms. The van der Waals surface area contributed by atoms with Gasteiger partial charge in [0.15, 0.2) is 0 Å². The summed E-state index contributed by atoms with van der Waals surface area (Å²) in [7, 11) is 0. The zero-order chi connectivity index (χ0) is 0. The van der Waals surface area contributed by atoms with E-state index in [1.807, 2.05) is 0 Å². The first-order chi connectivity index (χ1) is 0. The van der Waals surface area contributed by atoms with Gasteiger partial charge in [-0.05, 0) is 0 Å². The molecule has 5 heteroatoms. The average molecular weight is 447 g/mol. The van der Waals surface area contributed by atoms with Gasteiger partial charge in [0.05, 0.1) is 0 Å². The van der Waals surface area contributed by atoms with Crippen LogP contribution in [0.4, 0.5) is 0 Å². The molecule has 0 fully saturated rings. The molecule has 0 aliphatic carbocycles. The van der Waals surface area contributed by atoms with E-state index in [1.165, 1.54) is 0 Å². The van der Waals surface area contributed by atoms with Gasteiger partial charge in [0.1, 0.15) is 0 Å². The van der Waals surface area contributed by atoms with E-state index in [2.05, 4.69) is 0 Å². The fourth-order valence-corrected chi connectivity index (χ4v) is 0. The first-order valence-corrected chi connectivity index (χ1v) is 0. The van der Waals surface area contributed by atoms with E-state index in [0.717, 1.165) is 0 Å². The first kappa shape index (κ1) is 91.0. The molecule has 0 N–H and O–H groups in total. The molecule has 0 aromatic heterocycles. The topological polar surface area (TPSA) is 85.5 Å². The molecule has 0 saturated heterocycles. The fraction of sp³-hybridized carbons (Fsp3) is 0. The zero-order valence-electron chi connectivity index (χ0n) is 2.06. The van der Waals surface area contributed by atoms with Crippen LogP contribution in [0.15, 0.2) is 0 Å². The van der Waals surface area contributed by atoms with Gasteiger partial charge in [-0.25, -0.2) is 0 Å². The molecule has 31 valence electrons. The molecule has 0 aliphatic rings. The van der Waals surface area contributed by atoms with Crippen molar-refractivity contribution in [3.8, 4) is 0 Å². The van der Waals surface area contributed by atoms with Crippen molar-refractivity contribution in [2.45, 2.75) is 0 Å². The zero-order valence-corrected chi connectivity index (χ0v) is 8.34. The van der Waals surface area contributed by atoms with E-state index in [1.54, 1.807) is 0 Å². The molecule has 0 spiro atoms. The number of hydrogen-bond donors (Lipinski definition) is 0. The second kappa shape index (κ2) is 51.3. The van der Waals surface area contributed by atoms with Gasteiger partial charge >= 0.3 is 47.4 Å². The molecule has 0 amide bonds. The summed E-state index contributed by atoms with van der Waals surface area (Å²) in [6, 6.07) is 0. The summed E-state index contributed by atoms with van der Waals surface area (Å²) in [5.74, 6) is 0. The number of hydrogen-bond acceptors (Lipinski definition) is 0. The van der Waals surface area contributed by atoms with E-state index < -0.39 is 0 Å². The molecular formula is IrO3Pb. The monoisotopic (exact) mass is 449 g/mol. The Morgan fingerprint density at radius 2 is 0.600 bits per heavy atom. The van der Waals surface area contributed by atoms with E-state index >= 15 is 0 Å².